The van der Waals surface area contributed by atoms with Crippen LogP contribution in [0.3, 0.4) is 0 Å². The molecule has 0 radical (unpaired) electrons. The first kappa shape index (κ1) is 17.1. The van der Waals surface area contributed by atoms with Crippen LogP contribution in [0.25, 0.3) is 0 Å². The van der Waals surface area contributed by atoms with Gasteiger partial charge in [-0.05, 0) is 12.5 Å². The predicted octanol–water partition coefficient (Wildman–Crippen LogP) is -0.0812. The molecular weight excluding hydrogens is 329 g/mol. The van der Waals surface area contributed by atoms with Gasteiger partial charge in [0.15, 0.2) is 0 Å². The minimum absolute atomic E-state index is 0.0388. The van der Waals surface area contributed by atoms with E-state index < -0.39 is 11.5 Å². The monoisotopic (exact) mass is 349 g/mol. The summed E-state index contributed by atoms with van der Waals surface area (Å²) in [6.45, 7) is 0.967. The maximum absolute atomic E-state index is 13.3. The van der Waals surface area contributed by atoms with Crippen molar-refractivity contribution in [1.82, 2.24) is 25.0 Å². The molecule has 134 valence electrons. The third-order valence-corrected chi connectivity index (χ3v) is 4.70. The average Bonchev–Trinajstić information content (AvgIpc) is 3.01. The SMILES string of the molecule is CN(C)C(=O)N1CC(=O)NC[C@]12CCN(C(=O)c1ccnc(F)c1)C2. The van der Waals surface area contributed by atoms with Gasteiger partial charge in [-0.3, -0.25) is 9.59 Å². The maximum atomic E-state index is 13.3. The molecule has 0 saturated carbocycles. The maximum Gasteiger partial charge on any atom is 0.320 e. The molecule has 8 nitrogen and oxygen atoms in total. The van der Waals surface area contributed by atoms with Crippen molar-refractivity contribution in [2.45, 2.75) is 12.0 Å². The smallest absolute Gasteiger partial charge is 0.320 e. The summed E-state index contributed by atoms with van der Waals surface area (Å²) in [5.41, 5.74) is -0.425. The number of piperazine rings is 1. The zero-order chi connectivity index (χ0) is 18.2. The Bertz CT molecular complexity index is 725. The average molecular weight is 349 g/mol. The number of hydrogen-bond acceptors (Lipinski definition) is 4. The molecule has 2 saturated heterocycles. The van der Waals surface area contributed by atoms with Crippen molar-refractivity contribution in [3.63, 3.8) is 0 Å². The van der Waals surface area contributed by atoms with Crippen LogP contribution in [-0.2, 0) is 4.79 Å². The molecule has 3 rings (SSSR count). The van der Waals surface area contributed by atoms with Crippen molar-refractivity contribution in [1.29, 1.82) is 0 Å². The minimum Gasteiger partial charge on any atom is -0.352 e. The molecule has 2 fully saturated rings. The largest absolute Gasteiger partial charge is 0.352 e. The highest BCUT2D eigenvalue weighted by atomic mass is 19.1. The quantitative estimate of drug-likeness (QED) is 0.719. The number of aromatic nitrogens is 1. The summed E-state index contributed by atoms with van der Waals surface area (Å²) in [4.78, 5) is 44.9. The van der Waals surface area contributed by atoms with Crippen molar-refractivity contribution in [3.05, 3.63) is 29.8 Å². The van der Waals surface area contributed by atoms with Gasteiger partial charge in [-0.15, -0.1) is 0 Å². The van der Waals surface area contributed by atoms with E-state index in [9.17, 15) is 18.8 Å². The molecule has 1 aromatic heterocycles. The number of urea groups is 1. The molecule has 2 aliphatic rings. The van der Waals surface area contributed by atoms with Gasteiger partial charge in [-0.25, -0.2) is 9.78 Å². The van der Waals surface area contributed by atoms with Gasteiger partial charge in [0.25, 0.3) is 5.91 Å². The number of likely N-dealkylation sites (tertiary alicyclic amines) is 1. The molecule has 1 aromatic rings. The van der Waals surface area contributed by atoms with Gasteiger partial charge in [0, 0.05) is 51.6 Å². The Kier molecular flexibility index (Phi) is 4.32. The van der Waals surface area contributed by atoms with Gasteiger partial charge >= 0.3 is 6.03 Å². The molecule has 2 aliphatic heterocycles. The van der Waals surface area contributed by atoms with Crippen LogP contribution in [0.4, 0.5) is 9.18 Å². The second-order valence-corrected chi connectivity index (χ2v) is 6.61. The third kappa shape index (κ3) is 3.13. The molecule has 4 amide bonds. The highest BCUT2D eigenvalue weighted by molar-refractivity contribution is 5.94. The van der Waals surface area contributed by atoms with Crippen LogP contribution in [0.2, 0.25) is 0 Å². The molecule has 9 heteroatoms. The van der Waals surface area contributed by atoms with E-state index in [2.05, 4.69) is 10.3 Å². The van der Waals surface area contributed by atoms with E-state index in [1.165, 1.54) is 22.1 Å². The minimum atomic E-state index is -0.714. The van der Waals surface area contributed by atoms with Crippen LogP contribution in [0.5, 0.6) is 0 Å². The Morgan fingerprint density at radius 1 is 1.40 bits per heavy atom. The Morgan fingerprint density at radius 3 is 2.84 bits per heavy atom. The van der Waals surface area contributed by atoms with Crippen LogP contribution in [-0.4, -0.2) is 83.3 Å². The van der Waals surface area contributed by atoms with E-state index in [1.807, 2.05) is 0 Å². The normalized spacial score (nSPS) is 22.9. The summed E-state index contributed by atoms with van der Waals surface area (Å²) in [6, 6.07) is 2.29. The molecule has 1 N–H and O–H groups in total. The van der Waals surface area contributed by atoms with Crippen molar-refractivity contribution >= 4 is 17.8 Å². The van der Waals surface area contributed by atoms with Crippen LogP contribution in [0.15, 0.2) is 18.3 Å². The van der Waals surface area contributed by atoms with E-state index in [-0.39, 0.29) is 36.5 Å². The van der Waals surface area contributed by atoms with Crippen molar-refractivity contribution in [2.24, 2.45) is 0 Å². The van der Waals surface area contributed by atoms with Gasteiger partial charge < -0.3 is 20.0 Å². The Balaban J connectivity index is 1.82. The van der Waals surface area contributed by atoms with Crippen LogP contribution in [0, 0.1) is 5.95 Å². The molecule has 0 unspecified atom stereocenters. The summed E-state index contributed by atoms with van der Waals surface area (Å²) in [5, 5.41) is 2.79. The van der Waals surface area contributed by atoms with Crippen molar-refractivity contribution in [2.75, 3.05) is 40.3 Å². The van der Waals surface area contributed by atoms with Gasteiger partial charge in [0.2, 0.25) is 11.9 Å². The fourth-order valence-electron chi connectivity index (χ4n) is 3.35. The number of carbonyl (C=O) groups excluding carboxylic acids is 3. The lowest BCUT2D eigenvalue weighted by Gasteiger charge is -2.45. The second kappa shape index (κ2) is 6.30. The lowest BCUT2D eigenvalue weighted by Crippen LogP contribution is -2.67. The zero-order valence-corrected chi connectivity index (χ0v) is 14.2. The highest BCUT2D eigenvalue weighted by Gasteiger charge is 2.50. The number of pyridine rings is 1. The molecule has 1 spiro atoms. The van der Waals surface area contributed by atoms with E-state index in [1.54, 1.807) is 19.0 Å². The Hall–Kier alpha value is -2.71. The van der Waals surface area contributed by atoms with Crippen molar-refractivity contribution in [3.8, 4) is 0 Å². The molecule has 3 heterocycles. The number of nitrogens with one attached hydrogen (secondary N) is 1. The summed E-state index contributed by atoms with van der Waals surface area (Å²) >= 11 is 0. The fraction of sp³-hybridized carbons (Fsp3) is 0.500. The first-order valence-electron chi connectivity index (χ1n) is 7.99. The first-order chi connectivity index (χ1) is 11.8. The fourth-order valence-corrected chi connectivity index (χ4v) is 3.35. The Morgan fingerprint density at radius 2 is 2.16 bits per heavy atom. The van der Waals surface area contributed by atoms with E-state index in [0.29, 0.717) is 19.5 Å². The lowest BCUT2D eigenvalue weighted by atomic mass is 9.93. The van der Waals surface area contributed by atoms with Gasteiger partial charge in [0.1, 0.15) is 6.54 Å². The number of halogens is 1. The summed E-state index contributed by atoms with van der Waals surface area (Å²) in [7, 11) is 3.25. The Labute approximate surface area is 144 Å². The van der Waals surface area contributed by atoms with Crippen LogP contribution in [0.1, 0.15) is 16.8 Å². The molecule has 0 aliphatic carbocycles. The summed E-state index contributed by atoms with van der Waals surface area (Å²) < 4.78 is 13.3. The van der Waals surface area contributed by atoms with E-state index in [0.717, 1.165) is 6.07 Å². The molecular formula is C16H20FN5O3. The number of hydrogen-bond donors (Lipinski definition) is 1. The lowest BCUT2D eigenvalue weighted by molar-refractivity contribution is -0.126. The van der Waals surface area contributed by atoms with Crippen LogP contribution < -0.4 is 5.32 Å². The summed E-state index contributed by atoms with van der Waals surface area (Å²) in [6.07, 6.45) is 1.79. The van der Waals surface area contributed by atoms with E-state index in [4.69, 9.17) is 0 Å². The third-order valence-electron chi connectivity index (χ3n) is 4.70. The molecule has 0 aromatic carbocycles. The van der Waals surface area contributed by atoms with Gasteiger partial charge in [-0.2, -0.15) is 4.39 Å². The highest BCUT2D eigenvalue weighted by Crippen LogP contribution is 2.31. The van der Waals surface area contributed by atoms with Crippen molar-refractivity contribution < 1.29 is 18.8 Å². The van der Waals surface area contributed by atoms with Gasteiger partial charge in [-0.1, -0.05) is 0 Å². The second-order valence-electron chi connectivity index (χ2n) is 6.61. The first-order valence-corrected chi connectivity index (χ1v) is 7.99. The number of rotatable bonds is 1. The van der Waals surface area contributed by atoms with Crippen LogP contribution >= 0.6 is 0 Å². The molecule has 1 atom stereocenters. The van der Waals surface area contributed by atoms with Gasteiger partial charge in [0.05, 0.1) is 5.54 Å². The summed E-state index contributed by atoms with van der Waals surface area (Å²) in [5.74, 6) is -1.25. The number of nitrogens with zero attached hydrogens (tertiary/aromatic N) is 4. The van der Waals surface area contributed by atoms with E-state index >= 15 is 0 Å². The molecule has 0 bridgehead atoms. The standard InChI is InChI=1S/C16H20FN5O3/c1-20(2)15(25)22-8-13(23)19-9-16(22)4-6-21(10-16)14(24)11-3-5-18-12(17)7-11/h3,5,7H,4,6,8-10H2,1-2H3,(H,19,23)/t16-/m0/s1. The predicted molar refractivity (Wildman–Crippen MR) is 86.2 cm³/mol. The topological polar surface area (TPSA) is 85.9 Å². The zero-order valence-electron chi connectivity index (χ0n) is 14.2. The molecule has 25 heavy (non-hydrogen) atoms. The number of amides is 4. The number of carbonyl (C=O) groups is 3.